The van der Waals surface area contributed by atoms with Crippen molar-refractivity contribution in [2.24, 2.45) is 11.7 Å². The first kappa shape index (κ1) is 13.1. The summed E-state index contributed by atoms with van der Waals surface area (Å²) in [6.07, 6.45) is 3.21. The first-order valence-corrected chi connectivity index (χ1v) is 6.12. The highest BCUT2D eigenvalue weighted by Crippen LogP contribution is 2.26. The van der Waals surface area contributed by atoms with Crippen LogP contribution in [0.2, 0.25) is 5.02 Å². The van der Waals surface area contributed by atoms with Crippen LogP contribution in [0.3, 0.4) is 0 Å². The Kier molecular flexibility index (Phi) is 3.68. The molecule has 0 amide bonds. The van der Waals surface area contributed by atoms with Crippen molar-refractivity contribution in [2.75, 3.05) is 0 Å². The summed E-state index contributed by atoms with van der Waals surface area (Å²) in [5, 5.41) is 0.0882. The van der Waals surface area contributed by atoms with E-state index in [1.165, 1.54) is 6.07 Å². The Labute approximate surface area is 110 Å². The molecule has 0 aliphatic heterocycles. The molecule has 0 saturated heterocycles. The van der Waals surface area contributed by atoms with E-state index < -0.39 is 5.82 Å². The number of benzene rings is 1. The third-order valence-electron chi connectivity index (χ3n) is 2.92. The van der Waals surface area contributed by atoms with Gasteiger partial charge in [-0.2, -0.15) is 0 Å². The van der Waals surface area contributed by atoms with Crippen LogP contribution >= 0.6 is 11.6 Å². The molecule has 0 saturated carbocycles. The zero-order chi connectivity index (χ0) is 13.3. The molecule has 1 atom stereocenters. The molecule has 0 aliphatic carbocycles. The topological polar surface area (TPSA) is 43.8 Å². The van der Waals surface area contributed by atoms with Gasteiger partial charge < -0.3 is 5.73 Å². The largest absolute Gasteiger partial charge is 0.322 e. The van der Waals surface area contributed by atoms with E-state index in [1.807, 2.05) is 13.8 Å². The molecule has 0 radical (unpaired) electrons. The van der Waals surface area contributed by atoms with E-state index in [0.29, 0.717) is 5.69 Å². The second kappa shape index (κ2) is 5.08. The maximum atomic E-state index is 14.0. The van der Waals surface area contributed by atoms with Crippen molar-refractivity contribution < 1.29 is 4.39 Å². The second-order valence-electron chi connectivity index (χ2n) is 4.53. The molecule has 3 nitrogen and oxygen atoms in total. The molecule has 18 heavy (non-hydrogen) atoms. The summed E-state index contributed by atoms with van der Waals surface area (Å²) in [4.78, 5) is 4.05. The summed E-state index contributed by atoms with van der Waals surface area (Å²) in [6.45, 7) is 4.02. The molecule has 1 aromatic carbocycles. The Hall–Kier alpha value is -1.39. The first-order chi connectivity index (χ1) is 8.52. The summed E-state index contributed by atoms with van der Waals surface area (Å²) in [5.41, 5.74) is 7.23. The number of hydrogen-bond donors (Lipinski definition) is 1. The highest BCUT2D eigenvalue weighted by atomic mass is 35.5. The summed E-state index contributed by atoms with van der Waals surface area (Å²) < 4.78 is 15.6. The number of rotatable bonds is 3. The molecule has 0 spiro atoms. The number of nitrogens with zero attached hydrogens (tertiary/aromatic N) is 2. The van der Waals surface area contributed by atoms with Gasteiger partial charge in [-0.3, -0.25) is 4.57 Å². The zero-order valence-electron chi connectivity index (χ0n) is 10.3. The molecule has 1 heterocycles. The molecule has 96 valence electrons. The van der Waals surface area contributed by atoms with Crippen molar-refractivity contribution in [1.29, 1.82) is 0 Å². The number of aromatic nitrogens is 2. The van der Waals surface area contributed by atoms with E-state index in [0.717, 1.165) is 5.69 Å². The van der Waals surface area contributed by atoms with Gasteiger partial charge in [-0.05, 0) is 18.1 Å². The van der Waals surface area contributed by atoms with Gasteiger partial charge in [-0.25, -0.2) is 9.37 Å². The van der Waals surface area contributed by atoms with Crippen molar-refractivity contribution in [3.63, 3.8) is 0 Å². The monoisotopic (exact) mass is 267 g/mol. The lowest BCUT2D eigenvalue weighted by Gasteiger charge is -2.18. The van der Waals surface area contributed by atoms with Crippen LogP contribution in [-0.4, -0.2) is 9.55 Å². The van der Waals surface area contributed by atoms with Crippen LogP contribution in [0.15, 0.2) is 30.7 Å². The molecule has 2 aromatic rings. The van der Waals surface area contributed by atoms with Crippen molar-refractivity contribution in [1.82, 2.24) is 9.55 Å². The van der Waals surface area contributed by atoms with Crippen LogP contribution in [0.25, 0.3) is 5.69 Å². The molecular weight excluding hydrogens is 253 g/mol. The SMILES string of the molecule is CC(C)C(N)c1cncn1-c1cccc(Cl)c1F. The minimum absolute atomic E-state index is 0.0882. The third-order valence-corrected chi connectivity index (χ3v) is 3.21. The quantitative estimate of drug-likeness (QED) is 0.927. The van der Waals surface area contributed by atoms with E-state index in [1.54, 1.807) is 29.2 Å². The molecule has 0 aliphatic rings. The summed E-state index contributed by atoms with van der Waals surface area (Å²) in [5.74, 6) is -0.225. The molecule has 2 rings (SSSR count). The maximum absolute atomic E-state index is 14.0. The Morgan fingerprint density at radius 3 is 2.78 bits per heavy atom. The fourth-order valence-electron chi connectivity index (χ4n) is 1.77. The summed E-state index contributed by atoms with van der Waals surface area (Å²) in [6, 6.07) is 4.66. The van der Waals surface area contributed by atoms with Crippen molar-refractivity contribution >= 4 is 11.6 Å². The van der Waals surface area contributed by atoms with Crippen molar-refractivity contribution in [2.45, 2.75) is 19.9 Å². The van der Waals surface area contributed by atoms with Gasteiger partial charge in [-0.15, -0.1) is 0 Å². The highest BCUT2D eigenvalue weighted by Gasteiger charge is 2.18. The molecule has 5 heteroatoms. The van der Waals surface area contributed by atoms with Gasteiger partial charge in [0.15, 0.2) is 5.82 Å². The number of nitrogens with two attached hydrogens (primary N) is 1. The van der Waals surface area contributed by atoms with E-state index in [2.05, 4.69) is 4.98 Å². The molecule has 1 unspecified atom stereocenters. The predicted molar refractivity (Wildman–Crippen MR) is 70.3 cm³/mol. The van der Waals surface area contributed by atoms with Crippen LogP contribution in [0.1, 0.15) is 25.6 Å². The predicted octanol–water partition coefficient (Wildman–Crippen LogP) is 3.32. The van der Waals surface area contributed by atoms with Gasteiger partial charge in [0.1, 0.15) is 0 Å². The molecule has 0 bridgehead atoms. The lowest BCUT2D eigenvalue weighted by Crippen LogP contribution is -2.20. The van der Waals surface area contributed by atoms with E-state index in [4.69, 9.17) is 17.3 Å². The van der Waals surface area contributed by atoms with Crippen molar-refractivity contribution in [3.8, 4) is 5.69 Å². The van der Waals surface area contributed by atoms with E-state index in [9.17, 15) is 4.39 Å². The van der Waals surface area contributed by atoms with Crippen LogP contribution in [0.4, 0.5) is 4.39 Å². The molecular formula is C13H15ClFN3. The highest BCUT2D eigenvalue weighted by molar-refractivity contribution is 6.30. The van der Waals surface area contributed by atoms with Gasteiger partial charge in [0.05, 0.1) is 28.9 Å². The molecule has 2 N–H and O–H groups in total. The number of halogens is 2. The normalized spacial score (nSPS) is 13.0. The number of imidazole rings is 1. The Morgan fingerprint density at radius 1 is 1.39 bits per heavy atom. The van der Waals surface area contributed by atoms with Gasteiger partial charge >= 0.3 is 0 Å². The molecule has 1 aromatic heterocycles. The minimum atomic E-state index is -0.464. The fourth-order valence-corrected chi connectivity index (χ4v) is 1.94. The van der Waals surface area contributed by atoms with Crippen LogP contribution < -0.4 is 5.73 Å². The van der Waals surface area contributed by atoms with Crippen LogP contribution in [-0.2, 0) is 0 Å². The average molecular weight is 268 g/mol. The lowest BCUT2D eigenvalue weighted by atomic mass is 10.0. The van der Waals surface area contributed by atoms with Gasteiger partial charge in [-0.1, -0.05) is 31.5 Å². The second-order valence-corrected chi connectivity index (χ2v) is 4.94. The van der Waals surface area contributed by atoms with E-state index in [-0.39, 0.29) is 17.0 Å². The summed E-state index contributed by atoms with van der Waals surface area (Å²) >= 11 is 5.79. The minimum Gasteiger partial charge on any atom is -0.322 e. The van der Waals surface area contributed by atoms with Crippen LogP contribution in [0, 0.1) is 11.7 Å². The Balaban J connectivity index is 2.52. The van der Waals surface area contributed by atoms with Gasteiger partial charge in [0.2, 0.25) is 0 Å². The average Bonchev–Trinajstić information content (AvgIpc) is 2.80. The standard InChI is InChI=1S/C13H15ClFN3/c1-8(2)13(16)11-6-17-7-18(11)10-5-3-4-9(14)12(10)15/h3-8,13H,16H2,1-2H3. The Bertz CT molecular complexity index is 551. The lowest BCUT2D eigenvalue weighted by molar-refractivity contribution is 0.494. The Morgan fingerprint density at radius 2 is 2.11 bits per heavy atom. The van der Waals surface area contributed by atoms with Gasteiger partial charge in [0.25, 0.3) is 0 Å². The third kappa shape index (κ3) is 2.26. The summed E-state index contributed by atoms with van der Waals surface area (Å²) in [7, 11) is 0. The maximum Gasteiger partial charge on any atom is 0.165 e. The smallest absolute Gasteiger partial charge is 0.165 e. The van der Waals surface area contributed by atoms with E-state index >= 15 is 0 Å². The first-order valence-electron chi connectivity index (χ1n) is 5.74. The van der Waals surface area contributed by atoms with Crippen molar-refractivity contribution in [3.05, 3.63) is 47.3 Å². The van der Waals surface area contributed by atoms with Gasteiger partial charge in [0, 0.05) is 6.04 Å². The molecule has 0 fully saturated rings. The zero-order valence-corrected chi connectivity index (χ0v) is 11.0. The number of hydrogen-bond acceptors (Lipinski definition) is 2. The fraction of sp³-hybridized carbons (Fsp3) is 0.308. The van der Waals surface area contributed by atoms with Crippen LogP contribution in [0.5, 0.6) is 0 Å².